The van der Waals surface area contributed by atoms with Gasteiger partial charge in [0.15, 0.2) is 0 Å². The van der Waals surface area contributed by atoms with Gasteiger partial charge in [-0.25, -0.2) is 4.98 Å². The quantitative estimate of drug-likeness (QED) is 0.713. The van der Waals surface area contributed by atoms with E-state index in [2.05, 4.69) is 4.98 Å². The molecular weight excluding hydrogens is 335 g/mol. The van der Waals surface area contributed by atoms with E-state index in [0.29, 0.717) is 45.7 Å². The zero-order chi connectivity index (χ0) is 16.4. The Morgan fingerprint density at radius 1 is 1.17 bits per heavy atom. The van der Waals surface area contributed by atoms with Crippen molar-refractivity contribution >= 4 is 34.1 Å². The highest BCUT2D eigenvalue weighted by molar-refractivity contribution is 6.35. The van der Waals surface area contributed by atoms with E-state index in [4.69, 9.17) is 27.9 Å². The Bertz CT molecular complexity index is 922. The Labute approximate surface area is 143 Å². The first-order valence-corrected chi connectivity index (χ1v) is 7.86. The van der Waals surface area contributed by atoms with Gasteiger partial charge in [0.05, 0.1) is 22.5 Å². The molecule has 0 aliphatic heterocycles. The first kappa shape index (κ1) is 15.8. The molecule has 0 aliphatic rings. The number of fused-ring (bicyclic) bond motifs is 1. The van der Waals surface area contributed by atoms with Crippen LogP contribution in [0.3, 0.4) is 0 Å². The highest BCUT2D eigenvalue weighted by Gasteiger charge is 2.08. The van der Waals surface area contributed by atoms with Crippen LogP contribution in [-0.2, 0) is 6.54 Å². The van der Waals surface area contributed by atoms with Gasteiger partial charge in [-0.2, -0.15) is 0 Å². The standard InChI is InChI=1S/C17H14Cl2N2O2/c1-11-20-15-5-3-2-4-13(15)17(22)21(11)8-9-23-16-7-6-12(18)10-14(16)19/h2-7,10H,8-9H2,1H3. The highest BCUT2D eigenvalue weighted by Crippen LogP contribution is 2.27. The molecule has 3 rings (SSSR count). The number of aromatic nitrogens is 2. The molecule has 0 radical (unpaired) electrons. The van der Waals surface area contributed by atoms with Gasteiger partial charge < -0.3 is 4.74 Å². The molecule has 0 spiro atoms. The van der Waals surface area contributed by atoms with Crippen molar-refractivity contribution in [3.05, 3.63) is 68.7 Å². The van der Waals surface area contributed by atoms with E-state index < -0.39 is 0 Å². The maximum absolute atomic E-state index is 12.5. The van der Waals surface area contributed by atoms with E-state index >= 15 is 0 Å². The van der Waals surface area contributed by atoms with Crippen molar-refractivity contribution in [1.82, 2.24) is 9.55 Å². The smallest absolute Gasteiger partial charge is 0.261 e. The lowest BCUT2D eigenvalue weighted by Crippen LogP contribution is -2.26. The van der Waals surface area contributed by atoms with Crippen LogP contribution in [0.5, 0.6) is 5.75 Å². The Morgan fingerprint density at radius 2 is 1.96 bits per heavy atom. The lowest BCUT2D eigenvalue weighted by atomic mass is 10.2. The van der Waals surface area contributed by atoms with Crippen molar-refractivity contribution in [3.63, 3.8) is 0 Å². The van der Waals surface area contributed by atoms with Crippen LogP contribution in [0.2, 0.25) is 10.0 Å². The van der Waals surface area contributed by atoms with Crippen LogP contribution in [0.15, 0.2) is 47.3 Å². The molecule has 0 saturated carbocycles. The third-order valence-corrected chi connectivity index (χ3v) is 4.05. The molecule has 0 saturated heterocycles. The fourth-order valence-electron chi connectivity index (χ4n) is 2.38. The molecule has 0 atom stereocenters. The van der Waals surface area contributed by atoms with Gasteiger partial charge in [-0.3, -0.25) is 9.36 Å². The van der Waals surface area contributed by atoms with Crippen LogP contribution in [0.1, 0.15) is 5.82 Å². The van der Waals surface area contributed by atoms with Gasteiger partial charge in [0, 0.05) is 5.02 Å². The molecule has 6 heteroatoms. The molecule has 0 fully saturated rings. The zero-order valence-corrected chi connectivity index (χ0v) is 13.9. The maximum atomic E-state index is 12.5. The van der Waals surface area contributed by atoms with Gasteiger partial charge >= 0.3 is 0 Å². The predicted octanol–water partition coefficient (Wildman–Crippen LogP) is 4.09. The number of para-hydroxylation sites is 1. The maximum Gasteiger partial charge on any atom is 0.261 e. The van der Waals surface area contributed by atoms with Crippen molar-refractivity contribution in [2.24, 2.45) is 0 Å². The van der Waals surface area contributed by atoms with Gasteiger partial charge in [-0.05, 0) is 37.3 Å². The Kier molecular flexibility index (Phi) is 4.55. The molecule has 23 heavy (non-hydrogen) atoms. The van der Waals surface area contributed by atoms with Crippen LogP contribution in [0.25, 0.3) is 10.9 Å². The number of halogens is 2. The van der Waals surface area contributed by atoms with Gasteiger partial charge in [0.2, 0.25) is 0 Å². The first-order chi connectivity index (χ1) is 11.1. The molecule has 1 aromatic heterocycles. The summed E-state index contributed by atoms with van der Waals surface area (Å²) in [7, 11) is 0. The average molecular weight is 349 g/mol. The van der Waals surface area contributed by atoms with E-state index in [1.54, 1.807) is 28.8 Å². The van der Waals surface area contributed by atoms with Gasteiger partial charge in [0.1, 0.15) is 18.2 Å². The van der Waals surface area contributed by atoms with Crippen LogP contribution in [0.4, 0.5) is 0 Å². The van der Waals surface area contributed by atoms with E-state index in [-0.39, 0.29) is 5.56 Å². The number of aryl methyl sites for hydroxylation is 1. The van der Waals surface area contributed by atoms with E-state index in [0.717, 1.165) is 0 Å². The van der Waals surface area contributed by atoms with Crippen molar-refractivity contribution in [3.8, 4) is 5.75 Å². The lowest BCUT2D eigenvalue weighted by Gasteiger charge is -2.12. The Balaban J connectivity index is 1.81. The molecule has 118 valence electrons. The summed E-state index contributed by atoms with van der Waals surface area (Å²) < 4.78 is 7.24. The molecule has 2 aromatic carbocycles. The first-order valence-electron chi connectivity index (χ1n) is 7.10. The second kappa shape index (κ2) is 6.60. The van der Waals surface area contributed by atoms with Crippen molar-refractivity contribution in [1.29, 1.82) is 0 Å². The van der Waals surface area contributed by atoms with E-state index in [1.165, 1.54) is 0 Å². The molecule has 0 bridgehead atoms. The van der Waals surface area contributed by atoms with Crippen LogP contribution >= 0.6 is 23.2 Å². The molecule has 0 amide bonds. The summed E-state index contributed by atoms with van der Waals surface area (Å²) in [5.74, 6) is 1.19. The summed E-state index contributed by atoms with van der Waals surface area (Å²) in [4.78, 5) is 17.0. The predicted molar refractivity (Wildman–Crippen MR) is 92.7 cm³/mol. The highest BCUT2D eigenvalue weighted by atomic mass is 35.5. The average Bonchev–Trinajstić information content (AvgIpc) is 2.52. The third-order valence-electron chi connectivity index (χ3n) is 3.52. The summed E-state index contributed by atoms with van der Waals surface area (Å²) in [5, 5.41) is 1.59. The fraction of sp³-hybridized carbons (Fsp3) is 0.176. The van der Waals surface area contributed by atoms with Crippen LogP contribution in [0, 0.1) is 6.92 Å². The SMILES string of the molecule is Cc1nc2ccccc2c(=O)n1CCOc1ccc(Cl)cc1Cl. The third kappa shape index (κ3) is 3.33. The second-order valence-corrected chi connectivity index (χ2v) is 5.90. The molecule has 0 N–H and O–H groups in total. The molecule has 0 unspecified atom stereocenters. The van der Waals surface area contributed by atoms with Crippen molar-refractivity contribution < 1.29 is 4.74 Å². The second-order valence-electron chi connectivity index (χ2n) is 5.06. The number of nitrogens with zero attached hydrogens (tertiary/aromatic N) is 2. The van der Waals surface area contributed by atoms with Crippen molar-refractivity contribution in [2.75, 3.05) is 6.61 Å². The minimum atomic E-state index is -0.0705. The number of rotatable bonds is 4. The fourth-order valence-corrected chi connectivity index (χ4v) is 2.84. The van der Waals surface area contributed by atoms with Crippen LogP contribution in [-0.4, -0.2) is 16.2 Å². The summed E-state index contributed by atoms with van der Waals surface area (Å²) in [6.45, 7) is 2.51. The monoisotopic (exact) mass is 348 g/mol. The Hall–Kier alpha value is -2.04. The normalized spacial score (nSPS) is 10.9. The summed E-state index contributed by atoms with van der Waals surface area (Å²) >= 11 is 11.9. The van der Waals surface area contributed by atoms with Gasteiger partial charge in [-0.1, -0.05) is 35.3 Å². The minimum Gasteiger partial charge on any atom is -0.490 e. The largest absolute Gasteiger partial charge is 0.490 e. The number of hydrogen-bond donors (Lipinski definition) is 0. The van der Waals surface area contributed by atoms with E-state index in [1.807, 2.05) is 25.1 Å². The van der Waals surface area contributed by atoms with Gasteiger partial charge in [0.25, 0.3) is 5.56 Å². The van der Waals surface area contributed by atoms with Crippen molar-refractivity contribution in [2.45, 2.75) is 13.5 Å². The lowest BCUT2D eigenvalue weighted by molar-refractivity contribution is 0.294. The number of ether oxygens (including phenoxy) is 1. The molecule has 4 nitrogen and oxygen atoms in total. The topological polar surface area (TPSA) is 44.1 Å². The molecule has 0 aliphatic carbocycles. The summed E-state index contributed by atoms with van der Waals surface area (Å²) in [6.07, 6.45) is 0. The molecule has 3 aromatic rings. The minimum absolute atomic E-state index is 0.0705. The molecule has 1 heterocycles. The summed E-state index contributed by atoms with van der Waals surface area (Å²) in [6, 6.07) is 12.3. The summed E-state index contributed by atoms with van der Waals surface area (Å²) in [5.41, 5.74) is 0.631. The van der Waals surface area contributed by atoms with Crippen LogP contribution < -0.4 is 10.3 Å². The zero-order valence-electron chi connectivity index (χ0n) is 12.4. The van der Waals surface area contributed by atoms with Gasteiger partial charge in [-0.15, -0.1) is 0 Å². The van der Waals surface area contributed by atoms with E-state index in [9.17, 15) is 4.79 Å². The number of benzene rings is 2. The number of hydrogen-bond acceptors (Lipinski definition) is 3. The Morgan fingerprint density at radius 3 is 2.74 bits per heavy atom. The molecular formula is C17H14Cl2N2O2.